The Kier molecular flexibility index (Phi) is 5.89. The number of fused-ring (bicyclic) bond motifs is 1. The molecule has 0 saturated carbocycles. The molecule has 0 aliphatic carbocycles. The van der Waals surface area contributed by atoms with Gasteiger partial charge in [0.2, 0.25) is 0 Å². The molecular formula is C21H17ClO7. The fourth-order valence-electron chi connectivity index (χ4n) is 2.78. The third-order valence-electron chi connectivity index (χ3n) is 4.25. The van der Waals surface area contributed by atoms with Gasteiger partial charge in [-0.15, -0.1) is 0 Å². The summed E-state index contributed by atoms with van der Waals surface area (Å²) in [4.78, 5) is 35.7. The molecule has 0 fully saturated rings. The molecule has 0 N–H and O–H groups in total. The summed E-state index contributed by atoms with van der Waals surface area (Å²) in [5, 5.41) is 1.14. The van der Waals surface area contributed by atoms with E-state index in [9.17, 15) is 14.4 Å². The summed E-state index contributed by atoms with van der Waals surface area (Å²) in [7, 11) is 2.46. The Labute approximate surface area is 170 Å². The van der Waals surface area contributed by atoms with Gasteiger partial charge in [-0.3, -0.25) is 0 Å². The molecule has 0 aliphatic heterocycles. The summed E-state index contributed by atoms with van der Waals surface area (Å²) in [6, 6.07) is 8.89. The summed E-state index contributed by atoms with van der Waals surface area (Å²) < 4.78 is 20.4. The molecule has 1 aromatic heterocycles. The highest BCUT2D eigenvalue weighted by Crippen LogP contribution is 2.26. The molecule has 0 aliphatic rings. The molecule has 2 aromatic carbocycles. The van der Waals surface area contributed by atoms with Crippen LogP contribution in [0.5, 0.6) is 5.75 Å². The van der Waals surface area contributed by atoms with Crippen molar-refractivity contribution in [2.45, 2.75) is 13.5 Å². The maximum Gasteiger partial charge on any atom is 0.338 e. The van der Waals surface area contributed by atoms with Crippen molar-refractivity contribution in [3.63, 3.8) is 0 Å². The molecule has 0 amide bonds. The SMILES string of the molecule is COC(=O)c1cc(OCc2cc(=O)oc3cc(C)c(Cl)cc23)cc(C(=O)OC)c1. The number of carbonyl (C=O) groups excluding carboxylic acids is 2. The highest BCUT2D eigenvalue weighted by Gasteiger charge is 2.15. The molecule has 0 radical (unpaired) electrons. The number of hydrogen-bond donors (Lipinski definition) is 0. The minimum atomic E-state index is -0.631. The van der Waals surface area contributed by atoms with Gasteiger partial charge >= 0.3 is 17.6 Å². The summed E-state index contributed by atoms with van der Waals surface area (Å²) >= 11 is 6.20. The van der Waals surface area contributed by atoms with Crippen molar-refractivity contribution < 1.29 is 28.2 Å². The molecular weight excluding hydrogens is 400 g/mol. The predicted molar refractivity (Wildman–Crippen MR) is 106 cm³/mol. The van der Waals surface area contributed by atoms with Crippen LogP contribution in [0.2, 0.25) is 5.02 Å². The molecule has 0 spiro atoms. The third kappa shape index (κ3) is 4.41. The van der Waals surface area contributed by atoms with Gasteiger partial charge in [-0.05, 0) is 42.8 Å². The second kappa shape index (κ2) is 8.36. The normalized spacial score (nSPS) is 10.6. The van der Waals surface area contributed by atoms with E-state index in [0.29, 0.717) is 21.6 Å². The smallest absolute Gasteiger partial charge is 0.338 e. The van der Waals surface area contributed by atoms with Crippen molar-refractivity contribution in [3.05, 3.63) is 74.1 Å². The van der Waals surface area contributed by atoms with Crippen molar-refractivity contribution in [1.82, 2.24) is 0 Å². The maximum atomic E-state index is 11.9. The third-order valence-corrected chi connectivity index (χ3v) is 4.66. The summed E-state index contributed by atoms with van der Waals surface area (Å²) in [5.74, 6) is -1.03. The predicted octanol–water partition coefficient (Wildman–Crippen LogP) is 3.91. The second-order valence-corrected chi connectivity index (χ2v) is 6.61. The number of halogens is 1. The van der Waals surface area contributed by atoms with E-state index in [1.807, 2.05) is 0 Å². The van der Waals surface area contributed by atoms with Crippen molar-refractivity contribution in [2.24, 2.45) is 0 Å². The lowest BCUT2D eigenvalue weighted by atomic mass is 10.1. The summed E-state index contributed by atoms with van der Waals surface area (Å²) in [5.41, 5.74) is 1.42. The lowest BCUT2D eigenvalue weighted by molar-refractivity contribution is 0.0598. The van der Waals surface area contributed by atoms with Crippen LogP contribution >= 0.6 is 11.6 Å². The van der Waals surface area contributed by atoms with Gasteiger partial charge in [0.05, 0.1) is 25.3 Å². The topological polar surface area (TPSA) is 92.0 Å². The van der Waals surface area contributed by atoms with Gasteiger partial charge in [0, 0.05) is 22.0 Å². The monoisotopic (exact) mass is 416 g/mol. The van der Waals surface area contributed by atoms with Crippen LogP contribution in [0, 0.1) is 6.92 Å². The lowest BCUT2D eigenvalue weighted by Gasteiger charge is -2.11. The highest BCUT2D eigenvalue weighted by molar-refractivity contribution is 6.32. The van der Waals surface area contributed by atoms with Gasteiger partial charge < -0.3 is 18.6 Å². The van der Waals surface area contributed by atoms with Crippen molar-refractivity contribution in [1.29, 1.82) is 0 Å². The average molecular weight is 417 g/mol. The quantitative estimate of drug-likeness (QED) is 0.460. The van der Waals surface area contributed by atoms with Gasteiger partial charge in [0.1, 0.15) is 17.9 Å². The van der Waals surface area contributed by atoms with E-state index in [4.69, 9.17) is 30.2 Å². The minimum absolute atomic E-state index is 0.0211. The number of ether oxygens (including phenoxy) is 3. The summed E-state index contributed by atoms with van der Waals surface area (Å²) in [6.07, 6.45) is 0. The first-order chi connectivity index (χ1) is 13.8. The molecule has 1 heterocycles. The van der Waals surface area contributed by atoms with E-state index in [2.05, 4.69) is 0 Å². The highest BCUT2D eigenvalue weighted by atomic mass is 35.5. The standard InChI is InChI=1S/C21H17ClO7/c1-11-4-18-16(9-17(11)22)14(8-19(23)29-18)10-28-15-6-12(20(24)26-2)5-13(7-15)21(25)27-3/h4-9H,10H2,1-3H3. The molecule has 150 valence electrons. The van der Waals surface area contributed by atoms with Crippen molar-refractivity contribution in [3.8, 4) is 5.75 Å². The lowest BCUT2D eigenvalue weighted by Crippen LogP contribution is -2.08. The van der Waals surface area contributed by atoms with Gasteiger partial charge in [0.15, 0.2) is 0 Å². The van der Waals surface area contributed by atoms with Crippen LogP contribution in [0.4, 0.5) is 0 Å². The Morgan fingerprint density at radius 1 is 0.966 bits per heavy atom. The second-order valence-electron chi connectivity index (χ2n) is 6.21. The van der Waals surface area contributed by atoms with Gasteiger partial charge in [-0.25, -0.2) is 14.4 Å². The number of methoxy groups -OCH3 is 2. The fourth-order valence-corrected chi connectivity index (χ4v) is 2.95. The first kappa shape index (κ1) is 20.4. The Morgan fingerprint density at radius 3 is 2.17 bits per heavy atom. The van der Waals surface area contributed by atoms with E-state index in [0.717, 1.165) is 5.56 Å². The fraction of sp³-hybridized carbons (Fsp3) is 0.190. The zero-order chi connectivity index (χ0) is 21.1. The molecule has 7 nitrogen and oxygen atoms in total. The molecule has 0 bridgehead atoms. The minimum Gasteiger partial charge on any atom is -0.489 e. The van der Waals surface area contributed by atoms with Gasteiger partial charge in [-0.2, -0.15) is 0 Å². The molecule has 0 unspecified atom stereocenters. The van der Waals surface area contributed by atoms with E-state index in [1.54, 1.807) is 19.1 Å². The number of aryl methyl sites for hydroxylation is 1. The van der Waals surface area contributed by atoms with Crippen LogP contribution in [0.15, 0.2) is 45.6 Å². The van der Waals surface area contributed by atoms with Crippen molar-refractivity contribution in [2.75, 3.05) is 14.2 Å². The zero-order valence-corrected chi connectivity index (χ0v) is 16.7. The molecule has 0 atom stereocenters. The molecule has 0 saturated heterocycles. The average Bonchev–Trinajstić information content (AvgIpc) is 2.71. The Bertz CT molecular complexity index is 1130. The molecule has 3 rings (SSSR count). The van der Waals surface area contributed by atoms with Crippen LogP contribution in [0.3, 0.4) is 0 Å². The number of esters is 2. The first-order valence-electron chi connectivity index (χ1n) is 8.49. The van der Waals surface area contributed by atoms with Gasteiger partial charge in [0.25, 0.3) is 0 Å². The summed E-state index contributed by atoms with van der Waals surface area (Å²) in [6.45, 7) is 1.78. The van der Waals surface area contributed by atoms with Crippen LogP contribution in [-0.2, 0) is 16.1 Å². The van der Waals surface area contributed by atoms with Crippen LogP contribution in [0.1, 0.15) is 31.8 Å². The number of carbonyl (C=O) groups is 2. The Balaban J connectivity index is 1.99. The van der Waals surface area contributed by atoms with E-state index >= 15 is 0 Å². The van der Waals surface area contributed by atoms with Gasteiger partial charge in [-0.1, -0.05) is 11.6 Å². The Morgan fingerprint density at radius 2 is 1.59 bits per heavy atom. The number of rotatable bonds is 5. The molecule has 29 heavy (non-hydrogen) atoms. The van der Waals surface area contributed by atoms with Crippen LogP contribution in [-0.4, -0.2) is 26.2 Å². The molecule has 8 heteroatoms. The van der Waals surface area contributed by atoms with Crippen LogP contribution in [0.25, 0.3) is 11.0 Å². The van der Waals surface area contributed by atoms with Crippen molar-refractivity contribution >= 4 is 34.5 Å². The van der Waals surface area contributed by atoms with E-state index in [1.165, 1.54) is 38.5 Å². The zero-order valence-electron chi connectivity index (χ0n) is 15.9. The van der Waals surface area contributed by atoms with E-state index < -0.39 is 17.6 Å². The Hall–Kier alpha value is -3.32. The first-order valence-corrected chi connectivity index (χ1v) is 8.87. The van der Waals surface area contributed by atoms with Crippen LogP contribution < -0.4 is 10.4 Å². The number of benzene rings is 2. The molecule has 3 aromatic rings. The maximum absolute atomic E-state index is 11.9. The number of hydrogen-bond acceptors (Lipinski definition) is 7. The van der Waals surface area contributed by atoms with E-state index in [-0.39, 0.29) is 23.5 Å². The largest absolute Gasteiger partial charge is 0.489 e.